The average Bonchev–Trinajstić information content (AvgIpc) is 3.17. The quantitative estimate of drug-likeness (QED) is 0.648. The molecule has 0 aliphatic rings. The van der Waals surface area contributed by atoms with E-state index in [2.05, 4.69) is 4.72 Å². The lowest BCUT2D eigenvalue weighted by atomic mass is 10.3. The molecule has 1 N–H and O–H groups in total. The minimum atomic E-state index is -4.03. The van der Waals surface area contributed by atoms with Crippen molar-refractivity contribution in [3.63, 3.8) is 0 Å². The second kappa shape index (κ2) is 7.63. The molecule has 0 unspecified atom stereocenters. The van der Waals surface area contributed by atoms with Gasteiger partial charge in [0.15, 0.2) is 9.84 Å². The molecule has 0 spiro atoms. The molecule has 0 fully saturated rings. The number of benzene rings is 2. The molecule has 27 heavy (non-hydrogen) atoms. The van der Waals surface area contributed by atoms with Gasteiger partial charge in [0, 0.05) is 6.54 Å². The highest BCUT2D eigenvalue weighted by Gasteiger charge is 2.32. The monoisotopic (exact) mass is 409 g/mol. The second-order valence-electron chi connectivity index (χ2n) is 5.67. The van der Waals surface area contributed by atoms with Crippen LogP contribution in [-0.4, -0.2) is 23.4 Å². The van der Waals surface area contributed by atoms with Gasteiger partial charge in [-0.1, -0.05) is 18.2 Å². The molecular formula is C18H16FNO5S2. The molecule has 0 saturated heterocycles. The number of rotatable bonds is 7. The maximum Gasteiger partial charge on any atom is 0.240 e. The van der Waals surface area contributed by atoms with Crippen molar-refractivity contribution in [2.45, 2.75) is 15.0 Å². The predicted octanol–water partition coefficient (Wildman–Crippen LogP) is 2.91. The molecule has 6 nitrogen and oxygen atoms in total. The van der Waals surface area contributed by atoms with Gasteiger partial charge in [0.1, 0.15) is 16.8 Å². The lowest BCUT2D eigenvalue weighted by Gasteiger charge is -2.17. The minimum absolute atomic E-state index is 0.0485. The topological polar surface area (TPSA) is 93.4 Å². The largest absolute Gasteiger partial charge is 0.468 e. The Balaban J connectivity index is 1.91. The summed E-state index contributed by atoms with van der Waals surface area (Å²) in [4.78, 5) is -0.119. The van der Waals surface area contributed by atoms with Crippen LogP contribution in [0.3, 0.4) is 0 Å². The van der Waals surface area contributed by atoms with Gasteiger partial charge in [-0.15, -0.1) is 0 Å². The van der Waals surface area contributed by atoms with Crippen molar-refractivity contribution in [3.05, 3.63) is 84.6 Å². The first-order valence-electron chi connectivity index (χ1n) is 7.88. The molecule has 0 aliphatic carbocycles. The van der Waals surface area contributed by atoms with E-state index in [1.807, 2.05) is 0 Å². The standard InChI is InChI=1S/C18H16FNO5S2/c19-14-8-10-16(11-9-14)27(23,24)20-13-18(17-7-4-12-25-17)26(21,22)15-5-2-1-3-6-15/h1-12,18,20H,13H2/t18-/m1/s1. The van der Waals surface area contributed by atoms with Gasteiger partial charge in [-0.3, -0.25) is 0 Å². The Morgan fingerprint density at radius 2 is 1.52 bits per heavy atom. The van der Waals surface area contributed by atoms with E-state index in [9.17, 15) is 21.2 Å². The number of nitrogens with one attached hydrogen (secondary N) is 1. The van der Waals surface area contributed by atoms with Crippen LogP contribution in [0.4, 0.5) is 4.39 Å². The van der Waals surface area contributed by atoms with Crippen molar-refractivity contribution in [2.75, 3.05) is 6.54 Å². The average molecular weight is 409 g/mol. The molecule has 2 aromatic carbocycles. The summed E-state index contributed by atoms with van der Waals surface area (Å²) in [5.74, 6) is -0.463. The molecule has 0 bridgehead atoms. The second-order valence-corrected chi connectivity index (χ2v) is 9.57. The summed E-state index contributed by atoms with van der Waals surface area (Å²) in [7, 11) is -7.94. The van der Waals surface area contributed by atoms with Crippen molar-refractivity contribution in [3.8, 4) is 0 Å². The van der Waals surface area contributed by atoms with Crippen LogP contribution in [-0.2, 0) is 19.9 Å². The lowest BCUT2D eigenvalue weighted by Crippen LogP contribution is -2.31. The van der Waals surface area contributed by atoms with Gasteiger partial charge in [0.2, 0.25) is 10.0 Å². The molecule has 9 heteroatoms. The summed E-state index contributed by atoms with van der Waals surface area (Å²) in [6.07, 6.45) is 1.32. The van der Waals surface area contributed by atoms with E-state index < -0.39 is 37.5 Å². The van der Waals surface area contributed by atoms with E-state index in [1.54, 1.807) is 18.2 Å². The maximum absolute atomic E-state index is 13.0. The molecule has 1 atom stereocenters. The first-order valence-corrected chi connectivity index (χ1v) is 10.9. The molecule has 0 amide bonds. The SMILES string of the molecule is O=S(=O)(NC[C@H](c1ccco1)S(=O)(=O)c1ccccc1)c1ccc(F)cc1. The third kappa shape index (κ3) is 4.26. The zero-order valence-electron chi connectivity index (χ0n) is 13.9. The van der Waals surface area contributed by atoms with Crippen LogP contribution in [0.1, 0.15) is 11.0 Å². The number of hydrogen-bond donors (Lipinski definition) is 1. The van der Waals surface area contributed by atoms with Crippen LogP contribution < -0.4 is 4.72 Å². The lowest BCUT2D eigenvalue weighted by molar-refractivity contribution is 0.486. The Bertz CT molecular complexity index is 1090. The summed E-state index contributed by atoms with van der Waals surface area (Å²) < 4.78 is 71.3. The summed E-state index contributed by atoms with van der Waals surface area (Å²) in [6, 6.07) is 14.9. The molecular weight excluding hydrogens is 393 g/mol. The van der Waals surface area contributed by atoms with Gasteiger partial charge >= 0.3 is 0 Å². The van der Waals surface area contributed by atoms with Crippen LogP contribution in [0.2, 0.25) is 0 Å². The minimum Gasteiger partial charge on any atom is -0.468 e. The van der Waals surface area contributed by atoms with Gasteiger partial charge in [-0.2, -0.15) is 0 Å². The van der Waals surface area contributed by atoms with Crippen molar-refractivity contribution in [1.29, 1.82) is 0 Å². The molecule has 0 saturated carbocycles. The smallest absolute Gasteiger partial charge is 0.240 e. The van der Waals surface area contributed by atoms with Crippen LogP contribution in [0.5, 0.6) is 0 Å². The van der Waals surface area contributed by atoms with Crippen molar-refractivity contribution >= 4 is 19.9 Å². The maximum atomic E-state index is 13.0. The normalized spacial score (nSPS) is 13.4. The first kappa shape index (κ1) is 19.3. The number of sulfone groups is 1. The van der Waals surface area contributed by atoms with E-state index in [0.717, 1.165) is 24.3 Å². The molecule has 3 aromatic rings. The van der Waals surface area contributed by atoms with Crippen LogP contribution in [0, 0.1) is 5.82 Å². The van der Waals surface area contributed by atoms with E-state index in [4.69, 9.17) is 4.42 Å². The number of halogens is 1. The zero-order chi connectivity index (χ0) is 19.5. The van der Waals surface area contributed by atoms with Crippen molar-refractivity contribution in [1.82, 2.24) is 4.72 Å². The van der Waals surface area contributed by atoms with Crippen LogP contribution in [0.25, 0.3) is 0 Å². The zero-order valence-corrected chi connectivity index (χ0v) is 15.6. The third-order valence-corrected chi connectivity index (χ3v) is 7.41. The number of furan rings is 1. The van der Waals surface area contributed by atoms with Crippen molar-refractivity contribution < 1.29 is 25.6 Å². The van der Waals surface area contributed by atoms with Gasteiger partial charge < -0.3 is 4.42 Å². The van der Waals surface area contributed by atoms with Crippen molar-refractivity contribution in [2.24, 2.45) is 0 Å². The fourth-order valence-electron chi connectivity index (χ4n) is 2.49. The van der Waals surface area contributed by atoms with Gasteiger partial charge in [0.25, 0.3) is 0 Å². The Morgan fingerprint density at radius 3 is 2.11 bits per heavy atom. The molecule has 3 rings (SSSR count). The van der Waals surface area contributed by atoms with E-state index >= 15 is 0 Å². The van der Waals surface area contributed by atoms with Gasteiger partial charge in [-0.25, -0.2) is 25.9 Å². The Kier molecular flexibility index (Phi) is 5.45. The molecule has 1 heterocycles. The van der Waals surface area contributed by atoms with Crippen LogP contribution >= 0.6 is 0 Å². The number of hydrogen-bond acceptors (Lipinski definition) is 5. The Labute approximate surface area is 156 Å². The highest BCUT2D eigenvalue weighted by molar-refractivity contribution is 7.92. The number of sulfonamides is 1. The first-order chi connectivity index (χ1) is 12.8. The summed E-state index contributed by atoms with van der Waals surface area (Å²) in [5.41, 5.74) is 0. The fraction of sp³-hybridized carbons (Fsp3) is 0.111. The van der Waals surface area contributed by atoms with E-state index in [0.29, 0.717) is 0 Å². The summed E-state index contributed by atoms with van der Waals surface area (Å²) >= 11 is 0. The molecule has 142 valence electrons. The van der Waals surface area contributed by atoms with Gasteiger partial charge in [0.05, 0.1) is 16.1 Å². The predicted molar refractivity (Wildman–Crippen MR) is 96.7 cm³/mol. The Hall–Kier alpha value is -2.49. The van der Waals surface area contributed by atoms with Gasteiger partial charge in [-0.05, 0) is 48.5 Å². The highest BCUT2D eigenvalue weighted by atomic mass is 32.2. The third-order valence-electron chi connectivity index (χ3n) is 3.89. The Morgan fingerprint density at radius 1 is 0.852 bits per heavy atom. The molecule has 1 aromatic heterocycles. The van der Waals surface area contributed by atoms with E-state index in [1.165, 1.54) is 30.5 Å². The van der Waals surface area contributed by atoms with E-state index in [-0.39, 0.29) is 15.6 Å². The summed E-state index contributed by atoms with van der Waals surface area (Å²) in [5, 5.41) is -1.26. The molecule has 0 aliphatic heterocycles. The van der Waals surface area contributed by atoms with Crippen LogP contribution in [0.15, 0.2) is 87.2 Å². The highest BCUT2D eigenvalue weighted by Crippen LogP contribution is 2.29. The summed E-state index contributed by atoms with van der Waals surface area (Å²) in [6.45, 7) is -0.440. The molecule has 0 radical (unpaired) electrons. The fourth-order valence-corrected chi connectivity index (χ4v) is 5.25.